The second kappa shape index (κ2) is 25.9. The molecule has 4 amide bonds. The summed E-state index contributed by atoms with van der Waals surface area (Å²) in [6, 6.07) is 7.24. The average molecular weight is 1140 g/mol. The van der Waals surface area contributed by atoms with Crippen LogP contribution in [0.1, 0.15) is 62.9 Å². The highest BCUT2D eigenvalue weighted by Gasteiger charge is 2.58. The lowest BCUT2D eigenvalue weighted by molar-refractivity contribution is -0.239. The Labute approximate surface area is 453 Å². The number of amides is 4. The van der Waals surface area contributed by atoms with Gasteiger partial charge < -0.3 is 40.2 Å². The Morgan fingerprint density at radius 3 is 2.00 bits per heavy atom. The van der Waals surface area contributed by atoms with Crippen LogP contribution in [0.4, 0.5) is 59.3 Å². The number of anilines is 1. The lowest BCUT2D eigenvalue weighted by Crippen LogP contribution is -2.62. The molecule has 5 N–H and O–H groups in total. The maximum Gasteiger partial charge on any atom is 0.407 e. The van der Waals surface area contributed by atoms with Crippen molar-refractivity contribution in [1.29, 1.82) is 0 Å². The summed E-state index contributed by atoms with van der Waals surface area (Å²) in [5.74, 6) is 0.647. The number of ether oxygens (including phenoxy) is 3. The van der Waals surface area contributed by atoms with Gasteiger partial charge in [-0.2, -0.15) is 40.2 Å². The summed E-state index contributed by atoms with van der Waals surface area (Å²) in [7, 11) is 1.79. The zero-order valence-corrected chi connectivity index (χ0v) is 44.2. The van der Waals surface area contributed by atoms with Crippen LogP contribution in [0.2, 0.25) is 0 Å². The first-order chi connectivity index (χ1) is 37.5. The highest BCUT2D eigenvalue weighted by atomic mass is 19.4. The Morgan fingerprint density at radius 1 is 0.838 bits per heavy atom. The smallest absolute Gasteiger partial charge is 0.407 e. The van der Waals surface area contributed by atoms with Crippen LogP contribution in [0.3, 0.4) is 0 Å². The van der Waals surface area contributed by atoms with Crippen molar-refractivity contribution >= 4 is 29.8 Å². The molecule has 2 saturated heterocycles. The summed E-state index contributed by atoms with van der Waals surface area (Å²) in [6.07, 6.45) is -14.5. The molecule has 2 fully saturated rings. The van der Waals surface area contributed by atoms with Crippen LogP contribution in [0.15, 0.2) is 67.1 Å². The normalized spacial score (nSPS) is 17.0. The van der Waals surface area contributed by atoms with Crippen LogP contribution in [0.5, 0.6) is 0 Å². The molecule has 0 radical (unpaired) electrons. The predicted octanol–water partition coefficient (Wildman–Crippen LogP) is 6.48. The minimum absolute atomic E-state index is 0.177. The molecule has 6 rings (SSSR count). The number of aromatic nitrogens is 3. The number of methoxy groups -OCH3 is 1. The summed E-state index contributed by atoms with van der Waals surface area (Å²) in [4.78, 5) is 62.0. The fourth-order valence-electron chi connectivity index (χ4n) is 8.63. The Kier molecular flexibility index (Phi) is 20.1. The molecule has 2 aromatic heterocycles. The molecule has 80 heavy (non-hydrogen) atoms. The number of hydrogen-bond acceptors (Lipinski definition) is 13. The van der Waals surface area contributed by atoms with Gasteiger partial charge >= 0.3 is 31.1 Å². The van der Waals surface area contributed by atoms with E-state index in [0.29, 0.717) is 62.0 Å². The number of piperazine rings is 1. The van der Waals surface area contributed by atoms with Crippen molar-refractivity contribution in [2.24, 2.45) is 10.8 Å². The fourth-order valence-corrected chi connectivity index (χ4v) is 8.63. The number of alkyl halides is 8. The van der Waals surface area contributed by atoms with Crippen molar-refractivity contribution in [3.05, 3.63) is 101 Å². The van der Waals surface area contributed by atoms with E-state index < -0.39 is 115 Å². The molecule has 436 valence electrons. The van der Waals surface area contributed by atoms with Gasteiger partial charge in [-0.25, -0.2) is 33.0 Å². The number of carbonyl (C=O) groups is 4. The van der Waals surface area contributed by atoms with Crippen molar-refractivity contribution in [3.63, 3.8) is 0 Å². The van der Waals surface area contributed by atoms with Gasteiger partial charge in [0.25, 0.3) is 5.91 Å². The van der Waals surface area contributed by atoms with E-state index in [-0.39, 0.29) is 21.4 Å². The highest BCUT2D eigenvalue weighted by molar-refractivity contribution is 5.87. The van der Waals surface area contributed by atoms with Crippen molar-refractivity contribution in [3.8, 4) is 23.0 Å². The third-order valence-corrected chi connectivity index (χ3v) is 13.9. The van der Waals surface area contributed by atoms with Gasteiger partial charge in [0.05, 0.1) is 37.5 Å². The topological polar surface area (TPSA) is 205 Å². The molecule has 0 aliphatic carbocycles. The first kappa shape index (κ1) is 62.0. The molecule has 0 bridgehead atoms. The minimum atomic E-state index is -5.26. The zero-order chi connectivity index (χ0) is 58.9. The molecule has 2 aliphatic rings. The maximum absolute atomic E-state index is 16.0. The van der Waals surface area contributed by atoms with Crippen LogP contribution in [-0.2, 0) is 36.8 Å². The van der Waals surface area contributed by atoms with Gasteiger partial charge in [-0.05, 0) is 88.1 Å². The summed E-state index contributed by atoms with van der Waals surface area (Å²) in [5.41, 5.74) is -4.37. The number of pyridine rings is 1. The van der Waals surface area contributed by atoms with Crippen LogP contribution in [0, 0.1) is 34.3 Å². The number of alkyl carbamates (subject to hydrolysis) is 2. The standard InChI is InChI=1S/C52H60F10N10O8/c1-49(2,51(57,58)59)42(67-48(77)78-6)44(74)66-39(21-31-10-7-30(8-11-31)9-12-32-13-14-41(64-24-32)70-18-16-69(17-19-70)35-15-20-79-29-35)40(73)28-71(68-45(75)43(80-47(76)63-5)50(3,4)52(60,61)62)27-36-37(53)22-33(23-38(36)54)34-25-65-72(26-34)46(55)56/h7-8,10-11,13-14,22-26,35,39-40,42-43,46,73H,15-21,27-29H2,1-6H3,(H,63,76)(H,66,74)(H,67,77)(H,68,75)/t35-,39-,40-,42+,43+/m0/s1. The summed E-state index contributed by atoms with van der Waals surface area (Å²) in [5, 5.41) is 22.0. The molecule has 2 aromatic carbocycles. The van der Waals surface area contributed by atoms with Crippen LogP contribution in [0.25, 0.3) is 11.1 Å². The second-order valence-electron chi connectivity index (χ2n) is 20.1. The van der Waals surface area contributed by atoms with E-state index in [1.165, 1.54) is 24.3 Å². The van der Waals surface area contributed by atoms with Crippen LogP contribution < -0.4 is 26.3 Å². The number of carbonyl (C=O) groups excluding carboxylic acids is 4. The molecule has 5 atom stereocenters. The van der Waals surface area contributed by atoms with E-state index in [1.54, 1.807) is 6.20 Å². The Morgan fingerprint density at radius 2 is 1.46 bits per heavy atom. The second-order valence-corrected chi connectivity index (χ2v) is 20.1. The largest absolute Gasteiger partial charge is 0.453 e. The number of nitrogens with zero attached hydrogens (tertiary/aromatic N) is 6. The Balaban J connectivity index is 1.31. The monoisotopic (exact) mass is 1140 g/mol. The SMILES string of the molecule is CNC(=O)O[C@H](C(=O)NN(Cc1c(F)cc(-c2cnn(C(F)F)c2)cc1F)C[C@H](O)[C@H](Cc1ccc(C#Cc2ccc(N3CCN([C@H]4CCOC4)CC3)nc2)cc1)NC(=O)[C@@H](NC(=O)OC)C(C)(C)C(F)(F)F)C(C)(C)C(F)(F)F. The van der Waals surface area contributed by atoms with E-state index >= 15 is 8.78 Å². The van der Waals surface area contributed by atoms with Crippen LogP contribution in [-0.4, -0.2) is 157 Å². The predicted molar refractivity (Wildman–Crippen MR) is 267 cm³/mol. The fraction of sp³-hybridized carbons (Fsp3) is 0.500. The number of hydrogen-bond donors (Lipinski definition) is 5. The van der Waals surface area contributed by atoms with Gasteiger partial charge in [-0.3, -0.25) is 19.9 Å². The zero-order valence-electron chi connectivity index (χ0n) is 44.2. The first-order valence-corrected chi connectivity index (χ1v) is 24.9. The quantitative estimate of drug-likeness (QED) is 0.0388. The minimum Gasteiger partial charge on any atom is -0.453 e. The number of hydrazine groups is 1. The van der Waals surface area contributed by atoms with Gasteiger partial charge in [-0.15, -0.1) is 0 Å². The third kappa shape index (κ3) is 15.4. The number of aliphatic hydroxyl groups excluding tert-OH is 1. The summed E-state index contributed by atoms with van der Waals surface area (Å²) in [6.45, 7) is 1.57. The molecule has 28 heteroatoms. The lowest BCUT2D eigenvalue weighted by atomic mass is 9.82. The number of benzene rings is 2. The van der Waals surface area contributed by atoms with Crippen LogP contribution >= 0.6 is 0 Å². The molecule has 0 saturated carbocycles. The molecular formula is C52H60F10N10O8. The molecule has 4 heterocycles. The molecular weight excluding hydrogens is 1080 g/mol. The van der Waals surface area contributed by atoms with E-state index in [0.717, 1.165) is 78.2 Å². The molecule has 2 aliphatic heterocycles. The van der Waals surface area contributed by atoms with Gasteiger partial charge in [0.15, 0.2) is 6.10 Å². The first-order valence-electron chi connectivity index (χ1n) is 24.9. The lowest BCUT2D eigenvalue weighted by Gasteiger charge is -2.38. The van der Waals surface area contributed by atoms with E-state index in [4.69, 9.17) is 9.47 Å². The molecule has 0 spiro atoms. The van der Waals surface area contributed by atoms with Gasteiger partial charge in [0.2, 0.25) is 5.91 Å². The van der Waals surface area contributed by atoms with E-state index in [2.05, 4.69) is 41.8 Å². The number of nitrogens with one attached hydrogen (secondary N) is 4. The Hall–Kier alpha value is -7.22. The highest BCUT2D eigenvalue weighted by Crippen LogP contribution is 2.43. The molecule has 0 unspecified atom stereocenters. The number of rotatable bonds is 19. The van der Waals surface area contributed by atoms with Gasteiger partial charge in [-0.1, -0.05) is 24.0 Å². The summed E-state index contributed by atoms with van der Waals surface area (Å²) < 4.78 is 161. The maximum atomic E-state index is 16.0. The number of halogens is 10. The van der Waals surface area contributed by atoms with Crippen molar-refractivity contribution in [2.45, 2.75) is 96.3 Å². The van der Waals surface area contributed by atoms with Crippen molar-refractivity contribution < 1.29 is 82.4 Å². The molecule has 18 nitrogen and oxygen atoms in total. The van der Waals surface area contributed by atoms with Crippen molar-refractivity contribution in [1.82, 2.24) is 46.0 Å². The van der Waals surface area contributed by atoms with Gasteiger partial charge in [0, 0.05) is 93.6 Å². The Bertz CT molecular complexity index is 2820. The van der Waals surface area contributed by atoms with E-state index in [1.807, 2.05) is 28.2 Å². The van der Waals surface area contributed by atoms with Crippen molar-refractivity contribution in [2.75, 3.05) is 65.0 Å². The van der Waals surface area contributed by atoms with E-state index in [9.17, 15) is 59.4 Å². The number of aliphatic hydroxyl groups is 1. The van der Waals surface area contributed by atoms with Gasteiger partial charge in [0.1, 0.15) is 28.9 Å². The average Bonchev–Trinajstić information content (AvgIpc) is 4.22. The molecule has 4 aromatic rings. The third-order valence-electron chi connectivity index (χ3n) is 13.9. The summed E-state index contributed by atoms with van der Waals surface area (Å²) >= 11 is 0.